The van der Waals surface area contributed by atoms with Crippen LogP contribution in [0.5, 0.6) is 0 Å². The van der Waals surface area contributed by atoms with E-state index in [-0.39, 0.29) is 10.8 Å². The Labute approximate surface area is 141 Å². The van der Waals surface area contributed by atoms with Crippen molar-refractivity contribution in [2.75, 3.05) is 0 Å². The molecule has 0 aliphatic heterocycles. The van der Waals surface area contributed by atoms with E-state index in [0.29, 0.717) is 0 Å². The second-order valence-electron chi connectivity index (χ2n) is 8.36. The third kappa shape index (κ3) is 4.31. The van der Waals surface area contributed by atoms with Gasteiger partial charge in [-0.25, -0.2) is 9.97 Å². The highest BCUT2D eigenvalue weighted by Crippen LogP contribution is 2.34. The van der Waals surface area contributed by atoms with Crippen molar-refractivity contribution < 1.29 is 0 Å². The van der Waals surface area contributed by atoms with Crippen LogP contribution in [0.1, 0.15) is 85.2 Å². The molecule has 0 saturated carbocycles. The van der Waals surface area contributed by atoms with Gasteiger partial charge in [0.25, 0.3) is 0 Å². The summed E-state index contributed by atoms with van der Waals surface area (Å²) in [5, 5.41) is 1.21. The van der Waals surface area contributed by atoms with Gasteiger partial charge in [0.15, 0.2) is 0 Å². The number of unbranched alkanes of at least 4 members (excludes halogenated alkanes) is 3. The monoisotopic (exact) mass is 312 g/mol. The van der Waals surface area contributed by atoms with E-state index >= 15 is 0 Å². The van der Waals surface area contributed by atoms with Crippen LogP contribution in [0.3, 0.4) is 0 Å². The van der Waals surface area contributed by atoms with Crippen LogP contribution in [-0.4, -0.2) is 9.97 Å². The average Bonchev–Trinajstić information content (AvgIpc) is 2.49. The first-order valence-electron chi connectivity index (χ1n) is 9.03. The van der Waals surface area contributed by atoms with Gasteiger partial charge >= 0.3 is 0 Å². The van der Waals surface area contributed by atoms with E-state index in [4.69, 9.17) is 9.97 Å². The van der Waals surface area contributed by atoms with Crippen molar-refractivity contribution in [2.24, 2.45) is 0 Å². The fourth-order valence-electron chi connectivity index (χ4n) is 3.04. The summed E-state index contributed by atoms with van der Waals surface area (Å²) in [5.74, 6) is 0.952. The lowest BCUT2D eigenvalue weighted by molar-refractivity contribution is 0.431. The van der Waals surface area contributed by atoms with E-state index in [9.17, 15) is 0 Å². The number of benzene rings is 1. The van der Waals surface area contributed by atoms with Crippen molar-refractivity contribution in [1.82, 2.24) is 9.97 Å². The minimum atomic E-state index is -0.0307. The summed E-state index contributed by atoms with van der Waals surface area (Å²) in [5.41, 5.74) is 2.33. The minimum absolute atomic E-state index is 0.0307. The number of hydrogen-bond acceptors (Lipinski definition) is 2. The molecule has 0 bridgehead atoms. The first-order chi connectivity index (χ1) is 10.8. The lowest BCUT2D eigenvalue weighted by Crippen LogP contribution is -2.24. The minimum Gasteiger partial charge on any atom is -0.236 e. The Morgan fingerprint density at radius 2 is 1.57 bits per heavy atom. The molecule has 2 rings (SSSR count). The van der Waals surface area contributed by atoms with Gasteiger partial charge in [-0.15, -0.1) is 0 Å². The number of hydrogen-bond donors (Lipinski definition) is 0. The summed E-state index contributed by atoms with van der Waals surface area (Å²) in [7, 11) is 0. The molecule has 0 amide bonds. The molecule has 0 unspecified atom stereocenters. The zero-order valence-electron chi connectivity index (χ0n) is 15.7. The molecule has 0 N–H and O–H groups in total. The average molecular weight is 313 g/mol. The zero-order chi connectivity index (χ0) is 17.1. The molecule has 1 aromatic carbocycles. The molecule has 23 heavy (non-hydrogen) atoms. The molecule has 1 heterocycles. The van der Waals surface area contributed by atoms with Gasteiger partial charge in [-0.1, -0.05) is 85.4 Å². The van der Waals surface area contributed by atoms with Crippen LogP contribution in [0.25, 0.3) is 10.9 Å². The fraction of sp³-hybridized carbons (Fsp3) is 0.619. The molecule has 0 aliphatic rings. The van der Waals surface area contributed by atoms with Gasteiger partial charge in [0.2, 0.25) is 0 Å². The highest BCUT2D eigenvalue weighted by molar-refractivity contribution is 5.81. The van der Waals surface area contributed by atoms with Gasteiger partial charge < -0.3 is 0 Å². The van der Waals surface area contributed by atoms with Crippen LogP contribution in [0, 0.1) is 0 Å². The Hall–Kier alpha value is -1.44. The summed E-state index contributed by atoms with van der Waals surface area (Å²) < 4.78 is 0. The number of aromatic nitrogens is 2. The van der Waals surface area contributed by atoms with E-state index in [1.54, 1.807) is 0 Å². The van der Waals surface area contributed by atoms with Crippen molar-refractivity contribution in [3.05, 3.63) is 35.8 Å². The summed E-state index contributed by atoms with van der Waals surface area (Å²) >= 11 is 0. The maximum atomic E-state index is 5.03. The molecular formula is C21H32N2. The number of rotatable bonds is 6. The Kier molecular flexibility index (Phi) is 5.44. The van der Waals surface area contributed by atoms with Gasteiger partial charge in [0.05, 0.1) is 11.2 Å². The Morgan fingerprint density at radius 3 is 2.22 bits per heavy atom. The summed E-state index contributed by atoms with van der Waals surface area (Å²) in [4.78, 5) is 9.85. The predicted octanol–water partition coefficient (Wildman–Crippen LogP) is 6.18. The van der Waals surface area contributed by atoms with E-state index in [1.165, 1.54) is 43.2 Å². The second kappa shape index (κ2) is 6.98. The molecule has 0 spiro atoms. The van der Waals surface area contributed by atoms with Crippen molar-refractivity contribution in [1.29, 1.82) is 0 Å². The SMILES string of the molecule is CCCCCCC(C)(C)c1nc(C(C)(C)C)nc2ccccc12. The molecule has 2 nitrogen and oxygen atoms in total. The lowest BCUT2D eigenvalue weighted by Gasteiger charge is -2.28. The van der Waals surface area contributed by atoms with Crippen LogP contribution in [0.4, 0.5) is 0 Å². The standard InChI is InChI=1S/C21H32N2/c1-7-8-9-12-15-21(5,6)18-16-13-10-11-14-17(16)22-19(23-18)20(2,3)4/h10-11,13-14H,7-9,12,15H2,1-6H3. The molecule has 1 aromatic heterocycles. The Bertz CT molecular complexity index is 650. The molecular weight excluding hydrogens is 280 g/mol. The van der Waals surface area contributed by atoms with E-state index < -0.39 is 0 Å². The van der Waals surface area contributed by atoms with E-state index in [1.807, 2.05) is 0 Å². The number of fused-ring (bicyclic) bond motifs is 1. The summed E-state index contributed by atoms with van der Waals surface area (Å²) in [6.45, 7) is 13.5. The van der Waals surface area contributed by atoms with Crippen LogP contribution in [-0.2, 0) is 10.8 Å². The molecule has 126 valence electrons. The van der Waals surface area contributed by atoms with Crippen LogP contribution < -0.4 is 0 Å². The highest BCUT2D eigenvalue weighted by Gasteiger charge is 2.27. The van der Waals surface area contributed by atoms with Gasteiger partial charge in [-0.05, 0) is 12.5 Å². The van der Waals surface area contributed by atoms with Crippen LogP contribution in [0.15, 0.2) is 24.3 Å². The lowest BCUT2D eigenvalue weighted by atomic mass is 9.81. The number of nitrogens with zero attached hydrogens (tertiary/aromatic N) is 2. The van der Waals surface area contributed by atoms with Crippen molar-refractivity contribution in [3.8, 4) is 0 Å². The molecule has 0 aliphatic carbocycles. The van der Waals surface area contributed by atoms with Gasteiger partial charge in [-0.2, -0.15) is 0 Å². The van der Waals surface area contributed by atoms with E-state index in [2.05, 4.69) is 65.8 Å². The maximum Gasteiger partial charge on any atom is 0.134 e. The van der Waals surface area contributed by atoms with Gasteiger partial charge in [-0.3, -0.25) is 0 Å². The Morgan fingerprint density at radius 1 is 0.870 bits per heavy atom. The first kappa shape index (κ1) is 17.9. The molecule has 0 radical (unpaired) electrons. The van der Waals surface area contributed by atoms with Crippen LogP contribution in [0.2, 0.25) is 0 Å². The Balaban J connectivity index is 2.44. The highest BCUT2D eigenvalue weighted by atomic mass is 14.9. The third-order valence-electron chi connectivity index (χ3n) is 4.57. The fourth-order valence-corrected chi connectivity index (χ4v) is 3.04. The van der Waals surface area contributed by atoms with Crippen molar-refractivity contribution in [2.45, 2.75) is 84.5 Å². The smallest absolute Gasteiger partial charge is 0.134 e. The molecule has 2 heteroatoms. The maximum absolute atomic E-state index is 5.03. The molecule has 0 atom stereocenters. The predicted molar refractivity (Wildman–Crippen MR) is 100 cm³/mol. The van der Waals surface area contributed by atoms with Crippen LogP contribution >= 0.6 is 0 Å². The molecule has 2 aromatic rings. The first-order valence-corrected chi connectivity index (χ1v) is 9.03. The van der Waals surface area contributed by atoms with E-state index in [0.717, 1.165) is 11.3 Å². The third-order valence-corrected chi connectivity index (χ3v) is 4.57. The van der Waals surface area contributed by atoms with Crippen molar-refractivity contribution in [3.63, 3.8) is 0 Å². The quantitative estimate of drug-likeness (QED) is 0.596. The normalized spacial score (nSPS) is 12.8. The molecule has 0 saturated heterocycles. The van der Waals surface area contributed by atoms with Gasteiger partial charge in [0.1, 0.15) is 5.82 Å². The second-order valence-corrected chi connectivity index (χ2v) is 8.36. The summed E-state index contributed by atoms with van der Waals surface area (Å²) in [6.07, 6.45) is 6.37. The van der Waals surface area contributed by atoms with Crippen molar-refractivity contribution >= 4 is 10.9 Å². The number of para-hydroxylation sites is 1. The molecule has 0 fully saturated rings. The summed E-state index contributed by atoms with van der Waals surface area (Å²) in [6, 6.07) is 8.45. The zero-order valence-corrected chi connectivity index (χ0v) is 15.7. The van der Waals surface area contributed by atoms with Gasteiger partial charge in [0, 0.05) is 16.2 Å². The largest absolute Gasteiger partial charge is 0.236 e. The topological polar surface area (TPSA) is 25.8 Å².